The number of hydrogen-bond donors (Lipinski definition) is 1. The standard InChI is InChI=1S/C11H12F3NO4S2/c1-20(16,17)8-3-2-4-9(7-8)21(18,19)11(13,14)10(12)5-6-15/h2-5,7H,6,15H2,1H3/b10-5-. The molecule has 10 heteroatoms. The number of halogens is 3. The summed E-state index contributed by atoms with van der Waals surface area (Å²) in [4.78, 5) is -1.47. The Bertz CT molecular complexity index is 770. The largest absolute Gasteiger partial charge is 0.400 e. The molecule has 0 aliphatic carbocycles. The van der Waals surface area contributed by atoms with Crippen LogP contribution in [0.5, 0.6) is 0 Å². The van der Waals surface area contributed by atoms with Gasteiger partial charge in [-0.25, -0.2) is 21.2 Å². The fourth-order valence-electron chi connectivity index (χ4n) is 1.37. The average Bonchev–Trinajstić information content (AvgIpc) is 2.38. The molecule has 0 aliphatic heterocycles. The summed E-state index contributed by atoms with van der Waals surface area (Å²) in [7, 11) is -9.24. The molecule has 0 amide bonds. The molecule has 2 N–H and O–H groups in total. The first-order valence-corrected chi connectivity index (χ1v) is 8.81. The Kier molecular flexibility index (Phi) is 4.86. The van der Waals surface area contributed by atoms with E-state index >= 15 is 0 Å². The molecule has 0 fully saturated rings. The molecule has 0 unspecified atom stereocenters. The van der Waals surface area contributed by atoms with Gasteiger partial charge in [0.25, 0.3) is 9.84 Å². The van der Waals surface area contributed by atoms with Gasteiger partial charge in [-0.3, -0.25) is 0 Å². The van der Waals surface area contributed by atoms with Crippen molar-refractivity contribution in [2.75, 3.05) is 12.8 Å². The van der Waals surface area contributed by atoms with Gasteiger partial charge in [0, 0.05) is 12.8 Å². The second-order valence-electron chi connectivity index (χ2n) is 4.06. The number of hydrogen-bond acceptors (Lipinski definition) is 5. The minimum Gasteiger partial charge on any atom is -0.327 e. The van der Waals surface area contributed by atoms with Crippen LogP contribution in [0.25, 0.3) is 0 Å². The highest BCUT2D eigenvalue weighted by Gasteiger charge is 2.50. The molecule has 0 atom stereocenters. The molecule has 1 aromatic rings. The smallest absolute Gasteiger partial charge is 0.327 e. The van der Waals surface area contributed by atoms with E-state index in [4.69, 9.17) is 5.73 Å². The average molecular weight is 343 g/mol. The Morgan fingerprint density at radius 1 is 1.24 bits per heavy atom. The third-order valence-electron chi connectivity index (χ3n) is 2.46. The van der Waals surface area contributed by atoms with Crippen LogP contribution < -0.4 is 5.73 Å². The zero-order valence-corrected chi connectivity index (χ0v) is 12.4. The van der Waals surface area contributed by atoms with E-state index < -0.39 is 47.1 Å². The van der Waals surface area contributed by atoms with Crippen LogP contribution in [0.4, 0.5) is 13.2 Å². The lowest BCUT2D eigenvalue weighted by Crippen LogP contribution is -2.30. The van der Waals surface area contributed by atoms with Crippen LogP contribution in [0.1, 0.15) is 0 Å². The van der Waals surface area contributed by atoms with Gasteiger partial charge < -0.3 is 5.73 Å². The van der Waals surface area contributed by atoms with Gasteiger partial charge in [-0.2, -0.15) is 8.78 Å². The Labute approximate surface area is 120 Å². The van der Waals surface area contributed by atoms with E-state index in [-0.39, 0.29) is 6.08 Å². The third kappa shape index (κ3) is 3.44. The number of nitrogens with two attached hydrogens (primary N) is 1. The zero-order chi connectivity index (χ0) is 16.5. The summed E-state index contributed by atoms with van der Waals surface area (Å²) < 4.78 is 86.7. The van der Waals surface area contributed by atoms with Gasteiger partial charge in [0.05, 0.1) is 9.79 Å². The molecule has 118 valence electrons. The van der Waals surface area contributed by atoms with Gasteiger partial charge in [0.2, 0.25) is 0 Å². The van der Waals surface area contributed by atoms with Crippen molar-refractivity contribution in [3.63, 3.8) is 0 Å². The Hall–Kier alpha value is -1.39. The SMILES string of the molecule is CS(=O)(=O)c1cccc(S(=O)(=O)C(F)(F)/C(F)=C/CN)c1. The maximum absolute atomic E-state index is 13.7. The predicted molar refractivity (Wildman–Crippen MR) is 69.9 cm³/mol. The van der Waals surface area contributed by atoms with Crippen LogP contribution in [0, 0.1) is 0 Å². The molecule has 0 heterocycles. The number of rotatable bonds is 5. The zero-order valence-electron chi connectivity index (χ0n) is 10.8. The van der Waals surface area contributed by atoms with E-state index in [0.717, 1.165) is 24.5 Å². The van der Waals surface area contributed by atoms with Crippen molar-refractivity contribution in [1.82, 2.24) is 0 Å². The Morgan fingerprint density at radius 3 is 2.24 bits per heavy atom. The molecule has 1 rings (SSSR count). The lowest BCUT2D eigenvalue weighted by molar-refractivity contribution is 0.105. The second-order valence-corrected chi connectivity index (χ2v) is 8.06. The Balaban J connectivity index is 3.49. The van der Waals surface area contributed by atoms with Crippen molar-refractivity contribution < 1.29 is 30.0 Å². The minimum atomic E-state index is -5.44. The summed E-state index contributed by atoms with van der Waals surface area (Å²) in [5, 5.41) is -4.83. The normalized spacial score (nSPS) is 14.2. The number of alkyl halides is 2. The second kappa shape index (κ2) is 5.78. The molecule has 0 spiro atoms. The number of sulfone groups is 2. The maximum atomic E-state index is 13.7. The molecule has 0 bridgehead atoms. The predicted octanol–water partition coefficient (Wildman–Crippen LogP) is 1.27. The highest BCUT2D eigenvalue weighted by atomic mass is 32.2. The summed E-state index contributed by atoms with van der Waals surface area (Å²) in [6.45, 7) is -0.611. The first-order valence-electron chi connectivity index (χ1n) is 5.43. The highest BCUT2D eigenvalue weighted by Crippen LogP contribution is 2.36. The van der Waals surface area contributed by atoms with Gasteiger partial charge in [-0.05, 0) is 24.3 Å². The fraction of sp³-hybridized carbons (Fsp3) is 0.273. The first kappa shape index (κ1) is 17.7. The summed E-state index contributed by atoms with van der Waals surface area (Å²) in [5.74, 6) is -2.21. The van der Waals surface area contributed by atoms with E-state index in [1.165, 1.54) is 0 Å². The van der Waals surface area contributed by atoms with Crippen LogP contribution in [-0.2, 0) is 19.7 Å². The topological polar surface area (TPSA) is 94.3 Å². The lowest BCUT2D eigenvalue weighted by atomic mass is 10.4. The summed E-state index contributed by atoms with van der Waals surface area (Å²) in [5.41, 5.74) is 4.87. The molecule has 21 heavy (non-hydrogen) atoms. The summed E-state index contributed by atoms with van der Waals surface area (Å²) in [6, 6.07) is 3.32. The van der Waals surface area contributed by atoms with Crippen LogP contribution in [0.2, 0.25) is 0 Å². The van der Waals surface area contributed by atoms with E-state index in [1.807, 2.05) is 0 Å². The molecule has 0 saturated carbocycles. The van der Waals surface area contributed by atoms with E-state index in [9.17, 15) is 30.0 Å². The quantitative estimate of drug-likeness (QED) is 0.869. The van der Waals surface area contributed by atoms with Crippen molar-refractivity contribution >= 4 is 19.7 Å². The molecule has 0 aromatic heterocycles. The van der Waals surface area contributed by atoms with Crippen LogP contribution >= 0.6 is 0 Å². The van der Waals surface area contributed by atoms with Gasteiger partial charge in [0.15, 0.2) is 15.7 Å². The lowest BCUT2D eigenvalue weighted by Gasteiger charge is -2.15. The van der Waals surface area contributed by atoms with Crippen molar-refractivity contribution in [3.8, 4) is 0 Å². The highest BCUT2D eigenvalue weighted by molar-refractivity contribution is 7.93. The molecule has 0 saturated heterocycles. The molecule has 0 aliphatic rings. The molecule has 1 aromatic carbocycles. The summed E-state index contributed by atoms with van der Waals surface area (Å²) in [6.07, 6.45) is 1.02. The third-order valence-corrected chi connectivity index (χ3v) is 5.31. The van der Waals surface area contributed by atoms with Crippen molar-refractivity contribution in [2.24, 2.45) is 5.73 Å². The van der Waals surface area contributed by atoms with E-state index in [0.29, 0.717) is 6.07 Å². The van der Waals surface area contributed by atoms with Gasteiger partial charge in [0.1, 0.15) is 0 Å². The van der Waals surface area contributed by atoms with Crippen molar-refractivity contribution in [2.45, 2.75) is 15.0 Å². The molecular weight excluding hydrogens is 331 g/mol. The van der Waals surface area contributed by atoms with Crippen LogP contribution in [-0.4, -0.2) is 34.9 Å². The van der Waals surface area contributed by atoms with Gasteiger partial charge >= 0.3 is 5.25 Å². The van der Waals surface area contributed by atoms with Crippen molar-refractivity contribution in [1.29, 1.82) is 0 Å². The van der Waals surface area contributed by atoms with Gasteiger partial charge in [-0.1, -0.05) is 6.07 Å². The molecule has 5 nitrogen and oxygen atoms in total. The van der Waals surface area contributed by atoms with Crippen LogP contribution in [0.15, 0.2) is 46.0 Å². The molecule has 0 radical (unpaired) electrons. The first-order chi connectivity index (χ1) is 9.44. The number of benzene rings is 1. The fourth-order valence-corrected chi connectivity index (χ4v) is 3.29. The summed E-state index contributed by atoms with van der Waals surface area (Å²) >= 11 is 0. The minimum absolute atomic E-state index is 0.234. The van der Waals surface area contributed by atoms with E-state index in [1.54, 1.807) is 0 Å². The van der Waals surface area contributed by atoms with E-state index in [2.05, 4.69) is 0 Å². The van der Waals surface area contributed by atoms with Crippen LogP contribution in [0.3, 0.4) is 0 Å². The monoisotopic (exact) mass is 343 g/mol. The van der Waals surface area contributed by atoms with Crippen molar-refractivity contribution in [3.05, 3.63) is 36.2 Å². The van der Waals surface area contributed by atoms with Gasteiger partial charge in [-0.15, -0.1) is 0 Å². The molecular formula is C11H12F3NO4S2. The maximum Gasteiger partial charge on any atom is 0.400 e. The Morgan fingerprint density at radius 2 is 1.76 bits per heavy atom.